The third-order valence-electron chi connectivity index (χ3n) is 6.11. The Balaban J connectivity index is 2.91. The number of rotatable bonds is 10. The van der Waals surface area contributed by atoms with E-state index in [0.29, 0.717) is 11.1 Å². The Labute approximate surface area is 198 Å². The molecule has 0 radical (unpaired) electrons. The number of fused-ring (bicyclic) bond motifs is 1. The molecule has 2 rings (SSSR count). The Morgan fingerprint density at radius 3 is 2.52 bits per heavy atom. The summed E-state index contributed by atoms with van der Waals surface area (Å²) < 4.78 is 5.44. The quantitative estimate of drug-likeness (QED) is 0.239. The second kappa shape index (κ2) is 11.1. The summed E-state index contributed by atoms with van der Waals surface area (Å²) >= 11 is 0. The molecule has 176 valence electrons. The highest BCUT2D eigenvalue weighted by Gasteiger charge is 2.29. The molecule has 0 unspecified atom stereocenters. The molecule has 0 saturated heterocycles. The number of allylic oxidation sites excluding steroid dienone is 7. The third kappa shape index (κ3) is 6.01. The van der Waals surface area contributed by atoms with Crippen LogP contribution in [0.2, 0.25) is 0 Å². The lowest BCUT2D eigenvalue weighted by molar-refractivity contribution is 0.0999. The molecule has 0 spiro atoms. The van der Waals surface area contributed by atoms with E-state index in [1.54, 1.807) is 13.3 Å². The lowest BCUT2D eigenvalue weighted by atomic mass is 9.75. The zero-order chi connectivity index (χ0) is 24.8. The number of nitrogens with two attached hydrogens (primary N) is 1. The summed E-state index contributed by atoms with van der Waals surface area (Å²) in [6, 6.07) is 4.07. The number of aromatic nitrogens is 1. The maximum Gasteiger partial charge on any atom is 0.251 e. The van der Waals surface area contributed by atoms with Crippen molar-refractivity contribution in [2.24, 2.45) is 5.73 Å². The van der Waals surface area contributed by atoms with Gasteiger partial charge in [-0.15, -0.1) is 0 Å². The van der Waals surface area contributed by atoms with Crippen molar-refractivity contribution in [2.45, 2.75) is 66.2 Å². The van der Waals surface area contributed by atoms with E-state index in [2.05, 4.69) is 58.3 Å². The predicted molar refractivity (Wildman–Crippen MR) is 140 cm³/mol. The Morgan fingerprint density at radius 2 is 1.97 bits per heavy atom. The SMILES string of the molecule is C=C/C(=C\C=C(/CC)OC)c1cc(C(C)(C)CCC=C(C)C)c(C(N)=O)c2nccc(C)c12. The Morgan fingerprint density at radius 1 is 1.27 bits per heavy atom. The Hall–Kier alpha value is -3.14. The fraction of sp³-hybridized carbons (Fsp3) is 0.379. The van der Waals surface area contributed by atoms with E-state index in [9.17, 15) is 4.79 Å². The molecular formula is C29H38N2O2. The van der Waals surface area contributed by atoms with Gasteiger partial charge in [-0.25, -0.2) is 0 Å². The van der Waals surface area contributed by atoms with Crippen LogP contribution in [0.3, 0.4) is 0 Å². The van der Waals surface area contributed by atoms with Gasteiger partial charge in [0.2, 0.25) is 0 Å². The molecule has 1 heterocycles. The first-order valence-corrected chi connectivity index (χ1v) is 11.5. The van der Waals surface area contributed by atoms with Crippen molar-refractivity contribution in [2.75, 3.05) is 7.11 Å². The van der Waals surface area contributed by atoms with Crippen molar-refractivity contribution in [1.82, 2.24) is 4.98 Å². The molecule has 33 heavy (non-hydrogen) atoms. The maximum atomic E-state index is 12.7. The van der Waals surface area contributed by atoms with Gasteiger partial charge in [0, 0.05) is 18.0 Å². The Bertz CT molecular complexity index is 1120. The molecule has 0 aliphatic heterocycles. The zero-order valence-corrected chi connectivity index (χ0v) is 21.2. The summed E-state index contributed by atoms with van der Waals surface area (Å²) in [5, 5.41) is 0.921. The molecule has 1 aromatic heterocycles. The normalized spacial score (nSPS) is 12.6. The number of amides is 1. The molecule has 4 heteroatoms. The summed E-state index contributed by atoms with van der Waals surface area (Å²) in [7, 11) is 1.68. The molecular weight excluding hydrogens is 408 g/mol. The second-order valence-electron chi connectivity index (χ2n) is 9.28. The van der Waals surface area contributed by atoms with Gasteiger partial charge < -0.3 is 10.5 Å². The van der Waals surface area contributed by atoms with E-state index in [4.69, 9.17) is 10.5 Å². The van der Waals surface area contributed by atoms with Crippen LogP contribution in [-0.4, -0.2) is 18.0 Å². The third-order valence-corrected chi connectivity index (χ3v) is 6.11. The summed E-state index contributed by atoms with van der Waals surface area (Å²) in [6.07, 6.45) is 12.4. The minimum Gasteiger partial charge on any atom is -0.501 e. The largest absolute Gasteiger partial charge is 0.501 e. The zero-order valence-electron chi connectivity index (χ0n) is 21.2. The number of aryl methyl sites for hydroxylation is 1. The van der Waals surface area contributed by atoms with Gasteiger partial charge in [0.25, 0.3) is 5.91 Å². The van der Waals surface area contributed by atoms with E-state index >= 15 is 0 Å². The fourth-order valence-corrected chi connectivity index (χ4v) is 4.15. The van der Waals surface area contributed by atoms with E-state index in [1.165, 1.54) is 5.57 Å². The van der Waals surface area contributed by atoms with Crippen LogP contribution in [-0.2, 0) is 10.2 Å². The molecule has 0 aliphatic carbocycles. The number of hydrogen-bond acceptors (Lipinski definition) is 3. The minimum atomic E-state index is -0.452. The minimum absolute atomic E-state index is 0.284. The first-order chi connectivity index (χ1) is 15.6. The molecule has 0 aliphatic rings. The number of methoxy groups -OCH3 is 1. The molecule has 2 aromatic rings. The van der Waals surface area contributed by atoms with Crippen LogP contribution in [0.5, 0.6) is 0 Å². The number of ether oxygens (including phenoxy) is 1. The summed E-state index contributed by atoms with van der Waals surface area (Å²) in [4.78, 5) is 17.4. The molecule has 2 N–H and O–H groups in total. The number of pyridine rings is 1. The standard InChI is InChI=1S/C29H38N2O2/c1-9-21(13-14-22(10-2)33-8)23-18-24(29(6,7)16-11-12-19(3)4)26(28(30)32)27-25(23)20(5)15-17-31-27/h9,12-15,17-18H,1,10-11,16H2,2-8H3,(H2,30,32)/b21-13+,22-14+. The van der Waals surface area contributed by atoms with Gasteiger partial charge >= 0.3 is 0 Å². The Kier molecular flexibility index (Phi) is 8.81. The summed E-state index contributed by atoms with van der Waals surface area (Å²) in [6.45, 7) is 16.7. The van der Waals surface area contributed by atoms with Crippen LogP contribution < -0.4 is 5.73 Å². The van der Waals surface area contributed by atoms with Crippen LogP contribution in [0.1, 0.15) is 80.9 Å². The number of hydrogen-bond donors (Lipinski definition) is 1. The smallest absolute Gasteiger partial charge is 0.251 e. The second-order valence-corrected chi connectivity index (χ2v) is 9.28. The van der Waals surface area contributed by atoms with Gasteiger partial charge in [-0.1, -0.05) is 51.2 Å². The molecule has 0 saturated carbocycles. The van der Waals surface area contributed by atoms with Crippen LogP contribution in [0.15, 0.2) is 60.5 Å². The van der Waals surface area contributed by atoms with Crippen LogP contribution in [0.4, 0.5) is 0 Å². The first-order valence-electron chi connectivity index (χ1n) is 11.5. The van der Waals surface area contributed by atoms with Gasteiger partial charge in [0.1, 0.15) is 0 Å². The van der Waals surface area contributed by atoms with Crippen molar-refractivity contribution in [3.63, 3.8) is 0 Å². The molecule has 0 fully saturated rings. The van der Waals surface area contributed by atoms with Crippen molar-refractivity contribution >= 4 is 22.4 Å². The summed E-state index contributed by atoms with van der Waals surface area (Å²) in [5.41, 5.74) is 12.0. The van der Waals surface area contributed by atoms with Gasteiger partial charge in [-0.05, 0) is 79.5 Å². The van der Waals surface area contributed by atoms with E-state index in [1.807, 2.05) is 31.2 Å². The number of benzene rings is 1. The van der Waals surface area contributed by atoms with Gasteiger partial charge in [0.05, 0.1) is 23.9 Å². The molecule has 0 bridgehead atoms. The number of carbonyl (C=O) groups is 1. The van der Waals surface area contributed by atoms with E-state index in [0.717, 1.165) is 52.7 Å². The molecule has 0 atom stereocenters. The molecule has 4 nitrogen and oxygen atoms in total. The first kappa shape index (κ1) is 26.1. The van der Waals surface area contributed by atoms with E-state index in [-0.39, 0.29) is 5.41 Å². The predicted octanol–water partition coefficient (Wildman–Crippen LogP) is 7.18. The highest BCUT2D eigenvalue weighted by Crippen LogP contribution is 2.39. The fourth-order valence-electron chi connectivity index (χ4n) is 4.15. The van der Waals surface area contributed by atoms with Crippen LogP contribution >= 0.6 is 0 Å². The van der Waals surface area contributed by atoms with Crippen molar-refractivity contribution in [3.05, 3.63) is 82.8 Å². The van der Waals surface area contributed by atoms with Gasteiger partial charge in [-0.2, -0.15) is 0 Å². The monoisotopic (exact) mass is 446 g/mol. The van der Waals surface area contributed by atoms with Crippen LogP contribution in [0.25, 0.3) is 16.5 Å². The number of primary amides is 1. The number of nitrogens with zero attached hydrogens (tertiary/aromatic N) is 1. The van der Waals surface area contributed by atoms with Gasteiger partial charge in [0.15, 0.2) is 0 Å². The lowest BCUT2D eigenvalue weighted by Gasteiger charge is -2.29. The molecule has 1 aromatic carbocycles. The average Bonchev–Trinajstić information content (AvgIpc) is 2.75. The molecule has 1 amide bonds. The van der Waals surface area contributed by atoms with Gasteiger partial charge in [-0.3, -0.25) is 9.78 Å². The maximum absolute atomic E-state index is 12.7. The number of carbonyl (C=O) groups excluding carboxylic acids is 1. The lowest BCUT2D eigenvalue weighted by Crippen LogP contribution is -2.25. The van der Waals surface area contributed by atoms with Crippen molar-refractivity contribution in [1.29, 1.82) is 0 Å². The van der Waals surface area contributed by atoms with Crippen molar-refractivity contribution in [3.8, 4) is 0 Å². The van der Waals surface area contributed by atoms with E-state index < -0.39 is 5.91 Å². The topological polar surface area (TPSA) is 65.2 Å². The average molecular weight is 447 g/mol. The highest BCUT2D eigenvalue weighted by atomic mass is 16.5. The summed E-state index contributed by atoms with van der Waals surface area (Å²) in [5.74, 6) is 0.427. The van der Waals surface area contributed by atoms with Crippen LogP contribution in [0, 0.1) is 6.92 Å². The van der Waals surface area contributed by atoms with Crippen molar-refractivity contribution < 1.29 is 9.53 Å². The highest BCUT2D eigenvalue weighted by molar-refractivity contribution is 6.10.